The number of rotatable bonds is 12. The number of hydrogen-bond donors (Lipinski definition) is 2. The molecule has 3 aromatic carbocycles. The van der Waals surface area contributed by atoms with E-state index in [1.54, 1.807) is 0 Å². The monoisotopic (exact) mass is 618 g/mol. The van der Waals surface area contributed by atoms with Gasteiger partial charge in [-0.05, 0) is 79.4 Å². The number of carbonyl (C=O) groups is 1. The summed E-state index contributed by atoms with van der Waals surface area (Å²) in [5.74, 6) is -5.36. The number of sulfonamides is 1. The molecule has 3 N–H and O–H groups in total. The lowest BCUT2D eigenvalue weighted by Crippen LogP contribution is -2.38. The SMILES string of the molecule is C[C@H](c1ccc(F)cc1CCCS(=O)(=O)C[C@H](N)C(=O)O)N(c1cc(F)ccc1F)S(=O)(=O)c1ccc(Cl)cc1. The van der Waals surface area contributed by atoms with Crippen molar-refractivity contribution >= 4 is 43.1 Å². The van der Waals surface area contributed by atoms with Gasteiger partial charge in [0.1, 0.15) is 23.5 Å². The Morgan fingerprint density at radius 1 is 0.975 bits per heavy atom. The predicted molar refractivity (Wildman–Crippen MR) is 145 cm³/mol. The van der Waals surface area contributed by atoms with E-state index in [0.717, 1.165) is 30.3 Å². The molecule has 0 aliphatic heterocycles. The number of nitrogens with two attached hydrogens (primary N) is 1. The Morgan fingerprint density at radius 3 is 2.20 bits per heavy atom. The molecule has 3 rings (SSSR count). The van der Waals surface area contributed by atoms with Crippen LogP contribution in [-0.4, -0.2) is 45.5 Å². The minimum absolute atomic E-state index is 0.0561. The van der Waals surface area contributed by atoms with Crippen LogP contribution in [0.5, 0.6) is 0 Å². The molecule has 216 valence electrons. The third-order valence-corrected chi connectivity index (χ3v) is 10.0. The second-order valence-corrected chi connectivity index (χ2v) is 13.5. The third kappa shape index (κ3) is 7.53. The molecule has 40 heavy (non-hydrogen) atoms. The molecule has 0 bridgehead atoms. The molecule has 0 aliphatic rings. The largest absolute Gasteiger partial charge is 0.480 e. The molecule has 14 heteroatoms. The third-order valence-electron chi connectivity index (χ3n) is 6.08. The van der Waals surface area contributed by atoms with Gasteiger partial charge < -0.3 is 10.8 Å². The molecule has 0 aromatic heterocycles. The van der Waals surface area contributed by atoms with Crippen LogP contribution in [0, 0.1) is 17.5 Å². The molecule has 0 fully saturated rings. The summed E-state index contributed by atoms with van der Waals surface area (Å²) < 4.78 is 96.3. The Balaban J connectivity index is 2.03. The lowest BCUT2D eigenvalue weighted by molar-refractivity contribution is -0.137. The van der Waals surface area contributed by atoms with Crippen LogP contribution in [0.1, 0.15) is 30.5 Å². The number of anilines is 1. The summed E-state index contributed by atoms with van der Waals surface area (Å²) in [6.45, 7) is 1.40. The van der Waals surface area contributed by atoms with E-state index in [2.05, 4.69) is 0 Å². The van der Waals surface area contributed by atoms with Crippen LogP contribution in [0.4, 0.5) is 18.9 Å². The van der Waals surface area contributed by atoms with Crippen LogP contribution in [-0.2, 0) is 31.1 Å². The van der Waals surface area contributed by atoms with E-state index in [4.69, 9.17) is 22.4 Å². The number of nitrogens with zero attached hydrogens (tertiary/aromatic N) is 1. The van der Waals surface area contributed by atoms with E-state index in [9.17, 15) is 34.8 Å². The van der Waals surface area contributed by atoms with Crippen molar-refractivity contribution in [2.45, 2.75) is 36.7 Å². The van der Waals surface area contributed by atoms with Crippen LogP contribution in [0.2, 0.25) is 5.02 Å². The molecule has 0 amide bonds. The molecule has 0 aliphatic carbocycles. The number of aliphatic carboxylic acids is 1. The van der Waals surface area contributed by atoms with E-state index >= 15 is 0 Å². The van der Waals surface area contributed by atoms with Crippen molar-refractivity contribution in [1.82, 2.24) is 0 Å². The van der Waals surface area contributed by atoms with Crippen LogP contribution in [0.3, 0.4) is 0 Å². The van der Waals surface area contributed by atoms with Gasteiger partial charge in [0.25, 0.3) is 10.0 Å². The van der Waals surface area contributed by atoms with Gasteiger partial charge in [-0.2, -0.15) is 0 Å². The van der Waals surface area contributed by atoms with Crippen LogP contribution in [0.25, 0.3) is 0 Å². The Labute approximate surface area is 235 Å². The first-order valence-corrected chi connectivity index (χ1v) is 15.5. The second kappa shape index (κ2) is 12.6. The molecule has 2 atom stereocenters. The van der Waals surface area contributed by atoms with Gasteiger partial charge in [-0.25, -0.2) is 30.0 Å². The van der Waals surface area contributed by atoms with Crippen molar-refractivity contribution < 1.29 is 39.9 Å². The number of carboxylic acids is 1. The Morgan fingerprint density at radius 2 is 1.57 bits per heavy atom. The van der Waals surface area contributed by atoms with Crippen molar-refractivity contribution in [2.24, 2.45) is 5.73 Å². The molecule has 0 radical (unpaired) electrons. The van der Waals surface area contributed by atoms with Crippen molar-refractivity contribution in [1.29, 1.82) is 0 Å². The maximum Gasteiger partial charge on any atom is 0.321 e. The van der Waals surface area contributed by atoms with Gasteiger partial charge in [-0.3, -0.25) is 9.10 Å². The van der Waals surface area contributed by atoms with E-state index < -0.39 is 72.6 Å². The molecule has 3 aromatic rings. The lowest BCUT2D eigenvalue weighted by Gasteiger charge is -2.32. The minimum atomic E-state index is -4.54. The molecule has 0 spiro atoms. The maximum atomic E-state index is 15.0. The summed E-state index contributed by atoms with van der Waals surface area (Å²) in [4.78, 5) is 10.6. The average molecular weight is 619 g/mol. The molecule has 0 heterocycles. The van der Waals surface area contributed by atoms with Crippen molar-refractivity contribution in [3.63, 3.8) is 0 Å². The molecular formula is C26H26ClF3N2O6S2. The maximum absolute atomic E-state index is 15.0. The number of carboxylic acid groups (broad SMARTS) is 1. The van der Waals surface area contributed by atoms with Gasteiger partial charge in [-0.15, -0.1) is 0 Å². The van der Waals surface area contributed by atoms with Crippen molar-refractivity contribution in [3.05, 3.63) is 94.3 Å². The number of benzene rings is 3. The topological polar surface area (TPSA) is 135 Å². The number of hydrogen-bond acceptors (Lipinski definition) is 6. The first-order valence-electron chi connectivity index (χ1n) is 11.8. The Bertz CT molecular complexity index is 1600. The van der Waals surface area contributed by atoms with Crippen molar-refractivity contribution in [2.75, 3.05) is 15.8 Å². The number of sulfone groups is 1. The molecule has 8 nitrogen and oxygen atoms in total. The van der Waals surface area contributed by atoms with Crippen LogP contribution >= 0.6 is 11.6 Å². The quantitative estimate of drug-likeness (QED) is 0.306. The molecule has 0 saturated carbocycles. The van der Waals surface area contributed by atoms with E-state index in [0.29, 0.717) is 4.31 Å². The summed E-state index contributed by atoms with van der Waals surface area (Å²) >= 11 is 5.89. The number of aryl methyl sites for hydroxylation is 1. The zero-order chi connectivity index (χ0) is 29.8. The fraction of sp³-hybridized carbons (Fsp3) is 0.269. The Kier molecular flexibility index (Phi) is 9.88. The standard InChI is InChI=1S/C26H26ClF3N2O6S2/c1-16(22-10-6-19(28)13-17(22)3-2-12-39(35,36)15-24(31)26(33)34)32(25-14-20(29)7-11-23(25)30)40(37,38)21-8-4-18(27)5-9-21/h4-11,13-14,16,24H,2-3,12,15,31H2,1H3,(H,33,34)/t16-,24+/m1/s1. The van der Waals surface area contributed by atoms with E-state index in [-0.39, 0.29) is 33.9 Å². The minimum Gasteiger partial charge on any atom is -0.480 e. The highest BCUT2D eigenvalue weighted by atomic mass is 35.5. The van der Waals surface area contributed by atoms with Crippen LogP contribution < -0.4 is 10.0 Å². The van der Waals surface area contributed by atoms with Gasteiger partial charge in [0.05, 0.1) is 28.1 Å². The fourth-order valence-corrected chi connectivity index (χ4v) is 7.36. The average Bonchev–Trinajstić information content (AvgIpc) is 2.86. The highest BCUT2D eigenvalue weighted by Crippen LogP contribution is 2.37. The number of halogens is 4. The summed E-state index contributed by atoms with van der Waals surface area (Å²) in [5.41, 5.74) is 5.16. The zero-order valence-electron chi connectivity index (χ0n) is 21.1. The molecule has 0 saturated heterocycles. The highest BCUT2D eigenvalue weighted by Gasteiger charge is 2.34. The summed E-state index contributed by atoms with van der Waals surface area (Å²) in [5, 5.41) is 9.13. The van der Waals surface area contributed by atoms with E-state index in [1.807, 2.05) is 0 Å². The van der Waals surface area contributed by atoms with Crippen molar-refractivity contribution in [3.8, 4) is 0 Å². The van der Waals surface area contributed by atoms with Crippen LogP contribution in [0.15, 0.2) is 65.6 Å². The highest BCUT2D eigenvalue weighted by molar-refractivity contribution is 7.93. The Hall–Kier alpha value is -3.13. The fourth-order valence-electron chi connectivity index (χ4n) is 4.16. The zero-order valence-corrected chi connectivity index (χ0v) is 23.5. The van der Waals surface area contributed by atoms with Gasteiger partial charge in [0.15, 0.2) is 9.84 Å². The molecule has 0 unspecified atom stereocenters. The summed E-state index contributed by atoms with van der Waals surface area (Å²) in [6, 6.07) is 7.98. The summed E-state index contributed by atoms with van der Waals surface area (Å²) in [7, 11) is -8.42. The van der Waals surface area contributed by atoms with Gasteiger partial charge >= 0.3 is 5.97 Å². The normalized spacial score (nSPS) is 13.6. The van der Waals surface area contributed by atoms with Gasteiger partial charge in [0, 0.05) is 11.1 Å². The summed E-state index contributed by atoms with van der Waals surface area (Å²) in [6.07, 6.45) is -0.129. The second-order valence-electron chi connectivity index (χ2n) is 9.03. The lowest BCUT2D eigenvalue weighted by atomic mass is 9.97. The molecular weight excluding hydrogens is 593 g/mol. The van der Waals surface area contributed by atoms with E-state index in [1.165, 1.54) is 37.3 Å². The first kappa shape index (κ1) is 31.4. The predicted octanol–water partition coefficient (Wildman–Crippen LogP) is 4.47. The smallest absolute Gasteiger partial charge is 0.321 e. The first-order chi connectivity index (χ1) is 18.6. The van der Waals surface area contributed by atoms with Gasteiger partial charge in [-0.1, -0.05) is 17.7 Å². The van der Waals surface area contributed by atoms with Gasteiger partial charge in [0.2, 0.25) is 0 Å².